The van der Waals surface area contributed by atoms with Crippen molar-refractivity contribution in [1.29, 1.82) is 0 Å². The zero-order valence-corrected chi connectivity index (χ0v) is 28.6. The number of carbonyl (C=O) groups excluding carboxylic acids is 1. The molecule has 1 saturated heterocycles. The maximum atomic E-state index is 13.6. The minimum absolute atomic E-state index is 0.202. The summed E-state index contributed by atoms with van der Waals surface area (Å²) in [5.74, 6) is 3.05. The van der Waals surface area contributed by atoms with Gasteiger partial charge in [-0.25, -0.2) is 0 Å². The maximum Gasteiger partial charge on any atom is 0.267 e. The van der Waals surface area contributed by atoms with E-state index in [0.717, 1.165) is 16.7 Å². The Morgan fingerprint density at radius 3 is 2.32 bits per heavy atom. The molecule has 1 amide bonds. The molecule has 0 radical (unpaired) electrons. The van der Waals surface area contributed by atoms with Gasteiger partial charge in [-0.15, -0.1) is 5.10 Å². The van der Waals surface area contributed by atoms with Crippen molar-refractivity contribution >= 4 is 58.3 Å². The van der Waals surface area contributed by atoms with E-state index in [4.69, 9.17) is 46.6 Å². The zero-order chi connectivity index (χ0) is 33.3. The fourth-order valence-corrected chi connectivity index (χ4v) is 5.80. The molecular formula is C35H33Cl2N3O6S. The average Bonchev–Trinajstić information content (AvgIpc) is 3.68. The van der Waals surface area contributed by atoms with E-state index in [1.54, 1.807) is 69.2 Å². The van der Waals surface area contributed by atoms with Crippen LogP contribution in [0.5, 0.6) is 23.0 Å². The van der Waals surface area contributed by atoms with Crippen LogP contribution in [0.15, 0.2) is 92.5 Å². The van der Waals surface area contributed by atoms with Gasteiger partial charge in [-0.2, -0.15) is 5.10 Å². The number of thioether (sulfide) groups is 1. The van der Waals surface area contributed by atoms with Crippen LogP contribution >= 0.6 is 35.0 Å². The van der Waals surface area contributed by atoms with Gasteiger partial charge < -0.3 is 23.4 Å². The Morgan fingerprint density at radius 2 is 1.64 bits per heavy atom. The van der Waals surface area contributed by atoms with Gasteiger partial charge in [0.1, 0.15) is 12.4 Å². The molecule has 0 aliphatic carbocycles. The molecular weight excluding hydrogens is 661 g/mol. The Morgan fingerprint density at radius 1 is 0.915 bits per heavy atom. The van der Waals surface area contributed by atoms with E-state index in [1.807, 2.05) is 30.3 Å². The molecule has 2 heterocycles. The normalized spacial score (nSPS) is 15.0. The standard InChI is InChI=1S/C35H33Cl2N3O6S/c1-22(2)20-45-29-11-7-23(14-31(29)42-3)16-33-34(41)40(19-27-6-5-13-44-27)35(47-33)39-38-18-24-8-12-30(32(15-24)43-4)46-21-25-9-10-26(36)17-28(25)37/h5-18,22H,19-21H2,1-4H3/b33-16-,38-18-,39-35+. The van der Waals surface area contributed by atoms with E-state index >= 15 is 0 Å². The summed E-state index contributed by atoms with van der Waals surface area (Å²) in [7, 11) is 3.15. The number of amides is 1. The molecule has 5 rings (SSSR count). The molecule has 1 fully saturated rings. The van der Waals surface area contributed by atoms with Crippen LogP contribution in [0.25, 0.3) is 6.08 Å². The lowest BCUT2D eigenvalue weighted by molar-refractivity contribution is -0.122. The summed E-state index contributed by atoms with van der Waals surface area (Å²) in [5.41, 5.74) is 2.30. The molecule has 1 aliphatic heterocycles. The first-order chi connectivity index (χ1) is 22.7. The predicted octanol–water partition coefficient (Wildman–Crippen LogP) is 8.72. The van der Waals surface area contributed by atoms with Crippen LogP contribution in [0.1, 0.15) is 36.3 Å². The summed E-state index contributed by atoms with van der Waals surface area (Å²) >= 11 is 13.5. The number of rotatable bonds is 13. The van der Waals surface area contributed by atoms with Gasteiger partial charge in [0.2, 0.25) is 0 Å². The van der Waals surface area contributed by atoms with E-state index in [9.17, 15) is 4.79 Å². The Labute approximate surface area is 287 Å². The number of amidine groups is 1. The lowest BCUT2D eigenvalue weighted by Crippen LogP contribution is -2.28. The fraction of sp³-hybridized carbons (Fsp3) is 0.229. The number of carbonyl (C=O) groups is 1. The highest BCUT2D eigenvalue weighted by Crippen LogP contribution is 2.36. The minimum atomic E-state index is -0.219. The number of benzene rings is 3. The minimum Gasteiger partial charge on any atom is -0.493 e. The van der Waals surface area contributed by atoms with E-state index < -0.39 is 0 Å². The van der Waals surface area contributed by atoms with Gasteiger partial charge in [0.15, 0.2) is 28.2 Å². The monoisotopic (exact) mass is 693 g/mol. The number of furan rings is 1. The summed E-state index contributed by atoms with van der Waals surface area (Å²) in [5, 5.41) is 10.2. The van der Waals surface area contributed by atoms with Crippen LogP contribution in [-0.2, 0) is 17.9 Å². The second kappa shape index (κ2) is 15.9. The van der Waals surface area contributed by atoms with Crippen molar-refractivity contribution in [1.82, 2.24) is 4.90 Å². The quantitative estimate of drug-likeness (QED) is 0.0785. The third-order valence-corrected chi connectivity index (χ3v) is 8.36. The molecule has 0 saturated carbocycles. The number of halogens is 2. The van der Waals surface area contributed by atoms with Crippen LogP contribution in [0, 0.1) is 5.92 Å². The Hall–Kier alpha value is -4.38. The molecule has 0 N–H and O–H groups in total. The first-order valence-corrected chi connectivity index (χ1v) is 16.2. The fourth-order valence-electron chi connectivity index (χ4n) is 4.40. The van der Waals surface area contributed by atoms with Gasteiger partial charge >= 0.3 is 0 Å². The van der Waals surface area contributed by atoms with Crippen molar-refractivity contribution in [2.75, 3.05) is 20.8 Å². The van der Waals surface area contributed by atoms with Crippen molar-refractivity contribution in [3.05, 3.63) is 110 Å². The topological polar surface area (TPSA) is 95.1 Å². The predicted molar refractivity (Wildman–Crippen MR) is 187 cm³/mol. The van der Waals surface area contributed by atoms with E-state index in [2.05, 4.69) is 24.1 Å². The second-order valence-corrected chi connectivity index (χ2v) is 12.6. The van der Waals surface area contributed by atoms with E-state index in [-0.39, 0.29) is 19.1 Å². The first kappa shape index (κ1) is 34.0. The SMILES string of the molecule is COc1cc(/C=N\N=C2\S/C(=C\c3ccc(OCC(C)C)c(OC)c3)C(=O)N2Cc2ccco2)ccc1OCc1ccc(Cl)cc1Cl. The summed E-state index contributed by atoms with van der Waals surface area (Å²) in [6, 6.07) is 19.8. The average molecular weight is 695 g/mol. The second-order valence-electron chi connectivity index (χ2n) is 10.8. The van der Waals surface area contributed by atoms with Crippen molar-refractivity contribution in [2.45, 2.75) is 27.0 Å². The third-order valence-electron chi connectivity index (χ3n) is 6.78. The molecule has 0 bridgehead atoms. The van der Waals surface area contributed by atoms with Crippen LogP contribution in [0.2, 0.25) is 10.0 Å². The molecule has 0 unspecified atom stereocenters. The number of methoxy groups -OCH3 is 2. The Kier molecular flexibility index (Phi) is 11.5. The molecule has 12 heteroatoms. The van der Waals surface area contributed by atoms with Gasteiger partial charge in [0, 0.05) is 15.6 Å². The lowest BCUT2D eigenvalue weighted by Gasteiger charge is -2.13. The Bertz CT molecular complexity index is 1810. The molecule has 9 nitrogen and oxygen atoms in total. The third kappa shape index (κ3) is 8.91. The highest BCUT2D eigenvalue weighted by atomic mass is 35.5. The summed E-state index contributed by atoms with van der Waals surface area (Å²) in [6.45, 7) is 5.17. The molecule has 47 heavy (non-hydrogen) atoms. The van der Waals surface area contributed by atoms with Crippen LogP contribution in [0.4, 0.5) is 0 Å². The summed E-state index contributed by atoms with van der Waals surface area (Å²) in [4.78, 5) is 15.6. The first-order valence-electron chi connectivity index (χ1n) is 14.6. The number of nitrogens with zero attached hydrogens (tertiary/aromatic N) is 3. The highest BCUT2D eigenvalue weighted by Gasteiger charge is 2.34. The number of hydrogen-bond acceptors (Lipinski definition) is 9. The van der Waals surface area contributed by atoms with Gasteiger partial charge in [-0.1, -0.05) is 49.2 Å². The maximum absolute atomic E-state index is 13.6. The molecule has 3 aromatic carbocycles. The van der Waals surface area contributed by atoms with Crippen LogP contribution in [-0.4, -0.2) is 43.0 Å². The lowest BCUT2D eigenvalue weighted by atomic mass is 10.1. The number of ether oxygens (including phenoxy) is 4. The number of hydrogen-bond donors (Lipinski definition) is 0. The molecule has 0 atom stereocenters. The largest absolute Gasteiger partial charge is 0.493 e. The molecule has 0 spiro atoms. The van der Waals surface area contributed by atoms with E-state index in [1.165, 1.54) is 16.7 Å². The smallest absolute Gasteiger partial charge is 0.267 e. The Balaban J connectivity index is 1.34. The van der Waals surface area contributed by atoms with Crippen LogP contribution in [0.3, 0.4) is 0 Å². The molecule has 1 aliphatic rings. The van der Waals surface area contributed by atoms with Gasteiger partial charge in [0.25, 0.3) is 5.91 Å². The van der Waals surface area contributed by atoms with Gasteiger partial charge in [-0.3, -0.25) is 9.69 Å². The summed E-state index contributed by atoms with van der Waals surface area (Å²) in [6.07, 6.45) is 4.94. The van der Waals surface area contributed by atoms with Crippen molar-refractivity contribution in [2.24, 2.45) is 16.1 Å². The highest BCUT2D eigenvalue weighted by molar-refractivity contribution is 8.18. The van der Waals surface area contributed by atoms with Crippen LogP contribution < -0.4 is 18.9 Å². The van der Waals surface area contributed by atoms with Crippen molar-refractivity contribution < 1.29 is 28.2 Å². The molecule has 4 aromatic rings. The van der Waals surface area contributed by atoms with Gasteiger partial charge in [-0.05, 0) is 89.5 Å². The summed E-state index contributed by atoms with van der Waals surface area (Å²) < 4.78 is 28.4. The zero-order valence-electron chi connectivity index (χ0n) is 26.2. The van der Waals surface area contributed by atoms with E-state index in [0.29, 0.717) is 61.4 Å². The molecule has 1 aromatic heterocycles. The van der Waals surface area contributed by atoms with Gasteiger partial charge in [0.05, 0.1) is 44.8 Å². The van der Waals surface area contributed by atoms with Crippen molar-refractivity contribution in [3.8, 4) is 23.0 Å². The molecule has 244 valence electrons. The van der Waals surface area contributed by atoms with Crippen molar-refractivity contribution in [3.63, 3.8) is 0 Å².